The molecular formula is C13H14ClN3O. The van der Waals surface area contributed by atoms with Gasteiger partial charge in [0, 0.05) is 24.1 Å². The van der Waals surface area contributed by atoms with Crippen LogP contribution < -0.4 is 10.9 Å². The van der Waals surface area contributed by atoms with Crippen molar-refractivity contribution >= 4 is 17.4 Å². The van der Waals surface area contributed by atoms with Crippen LogP contribution in [0.2, 0.25) is 5.02 Å². The molecule has 0 saturated carbocycles. The largest absolute Gasteiger partial charge is 0.366 e. The minimum atomic E-state index is -0.143. The van der Waals surface area contributed by atoms with E-state index < -0.39 is 0 Å². The quantitative estimate of drug-likeness (QED) is 0.891. The van der Waals surface area contributed by atoms with Crippen LogP contribution in [0.25, 0.3) is 0 Å². The maximum absolute atomic E-state index is 11.4. The number of aromatic amines is 1. The summed E-state index contributed by atoms with van der Waals surface area (Å²) in [5.74, 6) is 1.26. The summed E-state index contributed by atoms with van der Waals surface area (Å²) in [7, 11) is 0. The number of halogens is 1. The predicted molar refractivity (Wildman–Crippen MR) is 73.0 cm³/mol. The van der Waals surface area contributed by atoms with Crippen molar-refractivity contribution in [3.05, 3.63) is 57.1 Å². The van der Waals surface area contributed by atoms with Crippen molar-refractivity contribution in [1.29, 1.82) is 0 Å². The lowest BCUT2D eigenvalue weighted by atomic mass is 10.2. The minimum Gasteiger partial charge on any atom is -0.366 e. The third kappa shape index (κ3) is 3.34. The molecule has 0 atom stereocenters. The first-order chi connectivity index (χ1) is 8.67. The van der Waals surface area contributed by atoms with Crippen molar-refractivity contribution < 1.29 is 0 Å². The van der Waals surface area contributed by atoms with Crippen LogP contribution in [0.5, 0.6) is 0 Å². The Morgan fingerprint density at radius 1 is 1.39 bits per heavy atom. The van der Waals surface area contributed by atoms with Gasteiger partial charge in [0.05, 0.1) is 0 Å². The van der Waals surface area contributed by atoms with Gasteiger partial charge < -0.3 is 10.3 Å². The summed E-state index contributed by atoms with van der Waals surface area (Å²) in [6, 6.07) is 9.01. The van der Waals surface area contributed by atoms with Gasteiger partial charge >= 0.3 is 0 Å². The van der Waals surface area contributed by atoms with E-state index in [1.807, 2.05) is 31.2 Å². The van der Waals surface area contributed by atoms with Crippen molar-refractivity contribution in [1.82, 2.24) is 9.97 Å². The first-order valence-corrected chi connectivity index (χ1v) is 6.13. The average molecular weight is 264 g/mol. The Morgan fingerprint density at radius 3 is 2.94 bits per heavy atom. The average Bonchev–Trinajstić information content (AvgIpc) is 2.36. The Bertz CT molecular complexity index is 595. The van der Waals surface area contributed by atoms with Gasteiger partial charge in [0.1, 0.15) is 11.6 Å². The summed E-state index contributed by atoms with van der Waals surface area (Å²) < 4.78 is 0. The van der Waals surface area contributed by atoms with Crippen LogP contribution in [0.3, 0.4) is 0 Å². The van der Waals surface area contributed by atoms with Gasteiger partial charge in [-0.05, 0) is 17.7 Å². The number of H-pyrrole nitrogens is 1. The van der Waals surface area contributed by atoms with Crippen LogP contribution in [0.15, 0.2) is 35.1 Å². The summed E-state index contributed by atoms with van der Waals surface area (Å²) >= 11 is 5.90. The van der Waals surface area contributed by atoms with Gasteiger partial charge in [-0.3, -0.25) is 4.79 Å². The highest BCUT2D eigenvalue weighted by molar-refractivity contribution is 6.30. The number of hydrogen-bond acceptors (Lipinski definition) is 3. The highest BCUT2D eigenvalue weighted by atomic mass is 35.5. The van der Waals surface area contributed by atoms with Crippen LogP contribution in [-0.2, 0) is 13.0 Å². The summed E-state index contributed by atoms with van der Waals surface area (Å²) in [4.78, 5) is 18.3. The highest BCUT2D eigenvalue weighted by Gasteiger charge is 2.00. The molecule has 1 aromatic heterocycles. The van der Waals surface area contributed by atoms with Gasteiger partial charge in [-0.15, -0.1) is 0 Å². The number of nitrogens with zero attached hydrogens (tertiary/aromatic N) is 1. The van der Waals surface area contributed by atoms with E-state index in [4.69, 9.17) is 11.6 Å². The van der Waals surface area contributed by atoms with Crippen LogP contribution in [0, 0.1) is 0 Å². The predicted octanol–water partition coefficient (Wildman–Crippen LogP) is 2.60. The molecule has 4 nitrogen and oxygen atoms in total. The van der Waals surface area contributed by atoms with Crippen molar-refractivity contribution in [2.45, 2.75) is 19.9 Å². The number of anilines is 1. The SMILES string of the molecule is CCc1nc(NCc2cccc(Cl)c2)cc(=O)[nH]1. The van der Waals surface area contributed by atoms with Crippen LogP contribution in [0.1, 0.15) is 18.3 Å². The Labute approximate surface area is 110 Å². The first kappa shape index (κ1) is 12.6. The number of rotatable bonds is 4. The maximum atomic E-state index is 11.4. The second kappa shape index (κ2) is 5.69. The normalized spacial score (nSPS) is 10.3. The zero-order valence-corrected chi connectivity index (χ0v) is 10.8. The molecule has 0 unspecified atom stereocenters. The summed E-state index contributed by atoms with van der Waals surface area (Å²) in [6.07, 6.45) is 0.696. The molecule has 0 aliphatic carbocycles. The first-order valence-electron chi connectivity index (χ1n) is 5.76. The van der Waals surface area contributed by atoms with Gasteiger partial charge in [-0.2, -0.15) is 0 Å². The summed E-state index contributed by atoms with van der Waals surface area (Å²) in [5.41, 5.74) is 0.901. The molecule has 0 saturated heterocycles. The summed E-state index contributed by atoms with van der Waals surface area (Å²) in [6.45, 7) is 2.53. The molecule has 0 radical (unpaired) electrons. The summed E-state index contributed by atoms with van der Waals surface area (Å²) in [5, 5.41) is 3.81. The van der Waals surface area contributed by atoms with Crippen molar-refractivity contribution in [3.63, 3.8) is 0 Å². The lowest BCUT2D eigenvalue weighted by Gasteiger charge is -2.06. The van der Waals surface area contributed by atoms with Crippen LogP contribution >= 0.6 is 11.6 Å². The third-order valence-corrected chi connectivity index (χ3v) is 2.72. The second-order valence-corrected chi connectivity index (χ2v) is 4.35. The number of aryl methyl sites for hydroxylation is 1. The van der Waals surface area contributed by atoms with Crippen molar-refractivity contribution in [3.8, 4) is 0 Å². The van der Waals surface area contributed by atoms with E-state index in [9.17, 15) is 4.79 Å². The molecule has 0 aliphatic heterocycles. The van der Waals surface area contributed by atoms with E-state index >= 15 is 0 Å². The number of aromatic nitrogens is 2. The number of hydrogen-bond donors (Lipinski definition) is 2. The molecule has 18 heavy (non-hydrogen) atoms. The third-order valence-electron chi connectivity index (χ3n) is 2.49. The Balaban J connectivity index is 2.10. The maximum Gasteiger partial charge on any atom is 0.252 e. The molecule has 2 aromatic rings. The number of benzene rings is 1. The smallest absolute Gasteiger partial charge is 0.252 e. The van der Waals surface area contributed by atoms with Gasteiger partial charge in [-0.25, -0.2) is 4.98 Å². The Hall–Kier alpha value is -1.81. The molecule has 2 N–H and O–H groups in total. The molecule has 1 heterocycles. The molecule has 0 bridgehead atoms. The monoisotopic (exact) mass is 263 g/mol. The molecule has 0 spiro atoms. The zero-order chi connectivity index (χ0) is 13.0. The van der Waals surface area contributed by atoms with Crippen LogP contribution in [0.4, 0.5) is 5.82 Å². The fourth-order valence-electron chi connectivity index (χ4n) is 1.61. The molecule has 5 heteroatoms. The fourth-order valence-corrected chi connectivity index (χ4v) is 1.82. The van der Waals surface area contributed by atoms with E-state index in [1.54, 1.807) is 0 Å². The van der Waals surface area contributed by atoms with Gasteiger partial charge in [-0.1, -0.05) is 30.7 Å². The van der Waals surface area contributed by atoms with Gasteiger partial charge in [0.15, 0.2) is 0 Å². The fraction of sp³-hybridized carbons (Fsp3) is 0.231. The lowest BCUT2D eigenvalue weighted by molar-refractivity contribution is 0.914. The van der Waals surface area contributed by atoms with E-state index in [-0.39, 0.29) is 5.56 Å². The topological polar surface area (TPSA) is 57.8 Å². The van der Waals surface area contributed by atoms with Crippen molar-refractivity contribution in [2.75, 3.05) is 5.32 Å². The standard InChI is InChI=1S/C13H14ClN3O/c1-2-11-16-12(7-13(18)17-11)15-8-9-4-3-5-10(14)6-9/h3-7H,2,8H2,1H3,(H2,15,16,17,18). The molecule has 94 valence electrons. The second-order valence-electron chi connectivity index (χ2n) is 3.91. The number of nitrogens with one attached hydrogen (secondary N) is 2. The Morgan fingerprint density at radius 2 is 2.22 bits per heavy atom. The van der Waals surface area contributed by atoms with E-state index in [2.05, 4.69) is 15.3 Å². The molecule has 2 rings (SSSR count). The molecule has 0 fully saturated rings. The van der Waals surface area contributed by atoms with Crippen molar-refractivity contribution in [2.24, 2.45) is 0 Å². The van der Waals surface area contributed by atoms with E-state index in [0.717, 1.165) is 5.56 Å². The van der Waals surface area contributed by atoms with Gasteiger partial charge in [0.25, 0.3) is 5.56 Å². The lowest BCUT2D eigenvalue weighted by Crippen LogP contribution is -2.13. The highest BCUT2D eigenvalue weighted by Crippen LogP contribution is 2.11. The molecule has 0 aliphatic rings. The molecule has 1 aromatic carbocycles. The van der Waals surface area contributed by atoms with Gasteiger partial charge in [0.2, 0.25) is 0 Å². The zero-order valence-electron chi connectivity index (χ0n) is 10.0. The Kier molecular flexibility index (Phi) is 3.99. The van der Waals surface area contributed by atoms with E-state index in [1.165, 1.54) is 6.07 Å². The minimum absolute atomic E-state index is 0.143. The van der Waals surface area contributed by atoms with Crippen LogP contribution in [-0.4, -0.2) is 9.97 Å². The molecular weight excluding hydrogens is 250 g/mol. The van der Waals surface area contributed by atoms with E-state index in [0.29, 0.717) is 29.6 Å². The molecule has 0 amide bonds.